The molecule has 0 unspecified atom stereocenters. The van der Waals surface area contributed by atoms with Gasteiger partial charge in [0.1, 0.15) is 0 Å². The summed E-state index contributed by atoms with van der Waals surface area (Å²) < 4.78 is 1.94. The summed E-state index contributed by atoms with van der Waals surface area (Å²) in [5.41, 5.74) is 2.71. The molecule has 0 aromatic carbocycles. The summed E-state index contributed by atoms with van der Waals surface area (Å²) in [4.78, 5) is 0. The molecule has 0 aliphatic heterocycles. The van der Waals surface area contributed by atoms with E-state index in [9.17, 15) is 0 Å². The summed E-state index contributed by atoms with van der Waals surface area (Å²) in [5.74, 6) is 0. The van der Waals surface area contributed by atoms with Crippen molar-refractivity contribution in [2.75, 3.05) is 0 Å². The van der Waals surface area contributed by atoms with Crippen LogP contribution in [-0.2, 0) is 19.0 Å². The van der Waals surface area contributed by atoms with E-state index in [0.717, 1.165) is 12.6 Å². The zero-order chi connectivity index (χ0) is 12.5. The van der Waals surface area contributed by atoms with Crippen LogP contribution in [0.1, 0.15) is 57.7 Å². The van der Waals surface area contributed by atoms with Gasteiger partial charge in [-0.1, -0.05) is 33.6 Å². The number of nitrogens with one attached hydrogen (secondary N) is 1. The van der Waals surface area contributed by atoms with E-state index < -0.39 is 0 Å². The maximum atomic E-state index is 4.60. The first kappa shape index (κ1) is 12.6. The number of nitrogens with zero attached hydrogens (tertiary/aromatic N) is 2. The van der Waals surface area contributed by atoms with Crippen molar-refractivity contribution in [3.05, 3.63) is 17.5 Å². The third-order valence-corrected chi connectivity index (χ3v) is 3.55. The second kappa shape index (κ2) is 4.81. The molecule has 1 aliphatic rings. The van der Waals surface area contributed by atoms with Crippen molar-refractivity contribution in [3.63, 3.8) is 0 Å². The lowest BCUT2D eigenvalue weighted by molar-refractivity contribution is 0.508. The van der Waals surface area contributed by atoms with Gasteiger partial charge in [-0.3, -0.25) is 4.68 Å². The fraction of sp³-hybridized carbons (Fsp3) is 0.786. The Morgan fingerprint density at radius 1 is 1.35 bits per heavy atom. The van der Waals surface area contributed by atoms with Gasteiger partial charge >= 0.3 is 0 Å². The molecule has 0 saturated heterocycles. The van der Waals surface area contributed by atoms with E-state index in [-0.39, 0.29) is 5.41 Å². The Kier molecular flexibility index (Phi) is 3.57. The summed E-state index contributed by atoms with van der Waals surface area (Å²) >= 11 is 0. The van der Waals surface area contributed by atoms with Gasteiger partial charge in [0.2, 0.25) is 0 Å². The molecule has 1 aromatic rings. The maximum Gasteiger partial charge on any atom is 0.0722 e. The van der Waals surface area contributed by atoms with Gasteiger partial charge < -0.3 is 5.32 Å². The minimum absolute atomic E-state index is 0.133. The van der Waals surface area contributed by atoms with E-state index in [1.165, 1.54) is 36.9 Å². The fourth-order valence-corrected chi connectivity index (χ4v) is 2.68. The molecule has 1 saturated carbocycles. The highest BCUT2D eigenvalue weighted by atomic mass is 15.3. The van der Waals surface area contributed by atoms with Crippen LogP contribution in [0.4, 0.5) is 0 Å². The second-order valence-electron chi connectivity index (χ2n) is 6.29. The number of hydrogen-bond donors (Lipinski definition) is 1. The number of rotatable bonds is 3. The van der Waals surface area contributed by atoms with Gasteiger partial charge in [0, 0.05) is 36.8 Å². The topological polar surface area (TPSA) is 29.9 Å². The van der Waals surface area contributed by atoms with Crippen molar-refractivity contribution in [1.82, 2.24) is 15.1 Å². The molecule has 1 aromatic heterocycles. The normalized spacial score (nSPS) is 17.9. The van der Waals surface area contributed by atoms with Gasteiger partial charge in [0.15, 0.2) is 0 Å². The van der Waals surface area contributed by atoms with Crippen LogP contribution < -0.4 is 5.32 Å². The third-order valence-electron chi connectivity index (χ3n) is 3.55. The van der Waals surface area contributed by atoms with E-state index >= 15 is 0 Å². The molecule has 0 atom stereocenters. The van der Waals surface area contributed by atoms with Crippen LogP contribution in [0, 0.1) is 0 Å². The fourth-order valence-electron chi connectivity index (χ4n) is 2.68. The van der Waals surface area contributed by atoms with Gasteiger partial charge in [-0.05, 0) is 12.8 Å². The van der Waals surface area contributed by atoms with Crippen LogP contribution in [0.25, 0.3) is 0 Å². The minimum atomic E-state index is 0.133. The van der Waals surface area contributed by atoms with Gasteiger partial charge in [-0.2, -0.15) is 5.10 Å². The Balaban J connectivity index is 2.04. The van der Waals surface area contributed by atoms with Crippen LogP contribution in [-0.4, -0.2) is 15.8 Å². The molecule has 1 aliphatic carbocycles. The monoisotopic (exact) mass is 235 g/mol. The smallest absolute Gasteiger partial charge is 0.0722 e. The van der Waals surface area contributed by atoms with Crippen molar-refractivity contribution in [2.24, 2.45) is 7.05 Å². The molecular weight excluding hydrogens is 210 g/mol. The largest absolute Gasteiger partial charge is 0.310 e. The van der Waals surface area contributed by atoms with Gasteiger partial charge in [0.05, 0.1) is 5.69 Å². The first-order valence-electron chi connectivity index (χ1n) is 6.73. The number of hydrogen-bond acceptors (Lipinski definition) is 2. The van der Waals surface area contributed by atoms with Crippen molar-refractivity contribution < 1.29 is 0 Å². The lowest BCUT2D eigenvalue weighted by atomic mass is 9.89. The van der Waals surface area contributed by atoms with Crippen molar-refractivity contribution in [1.29, 1.82) is 0 Å². The molecule has 1 N–H and O–H groups in total. The number of aromatic nitrogens is 2. The molecule has 1 fully saturated rings. The summed E-state index contributed by atoms with van der Waals surface area (Å²) in [7, 11) is 2.01. The van der Waals surface area contributed by atoms with E-state index in [1.807, 2.05) is 11.7 Å². The third kappa shape index (κ3) is 3.09. The Hall–Kier alpha value is -0.830. The summed E-state index contributed by atoms with van der Waals surface area (Å²) in [6.45, 7) is 7.66. The van der Waals surface area contributed by atoms with Crippen LogP contribution in [0.3, 0.4) is 0 Å². The molecule has 17 heavy (non-hydrogen) atoms. The molecule has 0 radical (unpaired) electrons. The van der Waals surface area contributed by atoms with Crippen LogP contribution >= 0.6 is 0 Å². The standard InChI is InChI=1S/C14H25N3/c1-14(2,3)13-11(10-17(4)16-13)9-15-12-7-5-6-8-12/h10,12,15H,5-9H2,1-4H3. The molecule has 96 valence electrons. The van der Waals surface area contributed by atoms with Crippen molar-refractivity contribution in [3.8, 4) is 0 Å². The molecule has 2 rings (SSSR count). The molecule has 0 amide bonds. The lowest BCUT2D eigenvalue weighted by Gasteiger charge is -2.18. The SMILES string of the molecule is Cn1cc(CNC2CCCC2)c(C(C)(C)C)n1. The van der Waals surface area contributed by atoms with Crippen molar-refractivity contribution in [2.45, 2.75) is 64.5 Å². The number of aryl methyl sites for hydroxylation is 1. The molecule has 1 heterocycles. The van der Waals surface area contributed by atoms with Gasteiger partial charge in [-0.15, -0.1) is 0 Å². The first-order valence-corrected chi connectivity index (χ1v) is 6.73. The quantitative estimate of drug-likeness (QED) is 0.873. The summed E-state index contributed by atoms with van der Waals surface area (Å²) in [6, 6.07) is 0.725. The average molecular weight is 235 g/mol. The molecule has 3 nitrogen and oxygen atoms in total. The highest BCUT2D eigenvalue weighted by molar-refractivity contribution is 5.23. The molecular formula is C14H25N3. The Bertz CT molecular complexity index is 367. The zero-order valence-electron chi connectivity index (χ0n) is 11.6. The predicted octanol–water partition coefficient (Wildman–Crippen LogP) is 2.75. The predicted molar refractivity (Wildman–Crippen MR) is 71.0 cm³/mol. The Morgan fingerprint density at radius 2 is 2.00 bits per heavy atom. The van der Waals surface area contributed by atoms with Crippen molar-refractivity contribution >= 4 is 0 Å². The van der Waals surface area contributed by atoms with Gasteiger partial charge in [0.25, 0.3) is 0 Å². The Labute approximate surface area is 105 Å². The van der Waals surface area contributed by atoms with E-state index in [0.29, 0.717) is 0 Å². The highest BCUT2D eigenvalue weighted by Crippen LogP contribution is 2.25. The highest BCUT2D eigenvalue weighted by Gasteiger charge is 2.22. The summed E-state index contributed by atoms with van der Waals surface area (Å²) in [6.07, 6.45) is 7.60. The van der Waals surface area contributed by atoms with Crippen LogP contribution in [0.15, 0.2) is 6.20 Å². The van der Waals surface area contributed by atoms with Crippen LogP contribution in [0.2, 0.25) is 0 Å². The molecule has 0 bridgehead atoms. The zero-order valence-corrected chi connectivity index (χ0v) is 11.6. The maximum absolute atomic E-state index is 4.60. The first-order chi connectivity index (χ1) is 7.97. The van der Waals surface area contributed by atoms with E-state index in [1.54, 1.807) is 0 Å². The lowest BCUT2D eigenvalue weighted by Crippen LogP contribution is -2.26. The van der Waals surface area contributed by atoms with Gasteiger partial charge in [-0.25, -0.2) is 0 Å². The average Bonchev–Trinajstić information content (AvgIpc) is 2.82. The summed E-state index contributed by atoms with van der Waals surface area (Å²) in [5, 5.41) is 8.27. The Morgan fingerprint density at radius 3 is 2.59 bits per heavy atom. The minimum Gasteiger partial charge on any atom is -0.310 e. The van der Waals surface area contributed by atoms with Crippen LogP contribution in [0.5, 0.6) is 0 Å². The second-order valence-corrected chi connectivity index (χ2v) is 6.29. The van der Waals surface area contributed by atoms with E-state index in [2.05, 4.69) is 37.4 Å². The molecule has 0 spiro atoms. The molecule has 3 heteroatoms. The van der Waals surface area contributed by atoms with E-state index in [4.69, 9.17) is 0 Å².